The summed E-state index contributed by atoms with van der Waals surface area (Å²) in [5.41, 5.74) is -0.498. The van der Waals surface area contributed by atoms with Gasteiger partial charge in [0.2, 0.25) is 11.8 Å². The number of likely N-dealkylation sites (tertiary alicyclic amines) is 1. The largest absolute Gasteiger partial charge is 0.316 e. The molecule has 2 unspecified atom stereocenters. The topological polar surface area (TPSA) is 49.4 Å². The molecule has 2 fully saturated rings. The maximum atomic E-state index is 12.1. The van der Waals surface area contributed by atoms with Crippen LogP contribution in [-0.2, 0) is 9.59 Å². The highest BCUT2D eigenvalue weighted by Crippen LogP contribution is 2.33. The fourth-order valence-electron chi connectivity index (χ4n) is 2.75. The van der Waals surface area contributed by atoms with Gasteiger partial charge in [-0.2, -0.15) is 0 Å². The van der Waals surface area contributed by atoms with Crippen molar-refractivity contribution in [3.8, 4) is 0 Å². The van der Waals surface area contributed by atoms with Crippen LogP contribution in [0.2, 0.25) is 0 Å². The Labute approximate surface area is 103 Å². The Kier molecular flexibility index (Phi) is 3.25. The van der Waals surface area contributed by atoms with E-state index in [1.165, 1.54) is 4.90 Å². The number of amides is 2. The molecule has 4 nitrogen and oxygen atoms in total. The van der Waals surface area contributed by atoms with E-state index in [4.69, 9.17) is 0 Å². The Morgan fingerprint density at radius 1 is 1.41 bits per heavy atom. The summed E-state index contributed by atoms with van der Waals surface area (Å²) < 4.78 is 0. The number of rotatable bonds is 2. The van der Waals surface area contributed by atoms with Crippen LogP contribution in [0.25, 0.3) is 0 Å². The molecular weight excluding hydrogens is 216 g/mol. The van der Waals surface area contributed by atoms with Crippen molar-refractivity contribution in [2.45, 2.75) is 33.6 Å². The second-order valence-corrected chi connectivity index (χ2v) is 6.10. The number of carbonyl (C=O) groups excluding carboxylic acids is 2. The van der Waals surface area contributed by atoms with Crippen molar-refractivity contribution in [2.24, 2.45) is 17.3 Å². The van der Waals surface area contributed by atoms with Crippen LogP contribution >= 0.6 is 0 Å². The first kappa shape index (κ1) is 12.6. The molecule has 96 valence electrons. The molecule has 2 atom stereocenters. The summed E-state index contributed by atoms with van der Waals surface area (Å²) in [4.78, 5) is 25.4. The zero-order valence-corrected chi connectivity index (χ0v) is 11.0. The van der Waals surface area contributed by atoms with Crippen molar-refractivity contribution in [1.82, 2.24) is 10.2 Å². The zero-order valence-electron chi connectivity index (χ0n) is 11.0. The van der Waals surface area contributed by atoms with E-state index in [1.54, 1.807) is 0 Å². The van der Waals surface area contributed by atoms with Crippen molar-refractivity contribution >= 4 is 11.8 Å². The molecule has 2 amide bonds. The average molecular weight is 238 g/mol. The minimum atomic E-state index is -0.498. The monoisotopic (exact) mass is 238 g/mol. The third-order valence-corrected chi connectivity index (χ3v) is 4.12. The maximum Gasteiger partial charge on any atom is 0.235 e. The fraction of sp³-hybridized carbons (Fsp3) is 0.846. The fourth-order valence-corrected chi connectivity index (χ4v) is 2.75. The number of hydrogen-bond donors (Lipinski definition) is 1. The van der Waals surface area contributed by atoms with E-state index in [0.717, 1.165) is 19.5 Å². The van der Waals surface area contributed by atoms with Crippen LogP contribution in [-0.4, -0.2) is 36.3 Å². The number of nitrogens with one attached hydrogen (secondary N) is 1. The minimum absolute atomic E-state index is 0.000253. The van der Waals surface area contributed by atoms with Gasteiger partial charge in [-0.1, -0.05) is 20.8 Å². The summed E-state index contributed by atoms with van der Waals surface area (Å²) in [6, 6.07) is 0. The van der Waals surface area contributed by atoms with Crippen molar-refractivity contribution in [3.63, 3.8) is 0 Å². The summed E-state index contributed by atoms with van der Waals surface area (Å²) in [5.74, 6) is 0.990. The molecular formula is C13H22N2O2. The Morgan fingerprint density at radius 3 is 2.65 bits per heavy atom. The number of piperidine rings is 1. The van der Waals surface area contributed by atoms with Crippen LogP contribution < -0.4 is 5.32 Å². The molecule has 1 N–H and O–H groups in total. The lowest BCUT2D eigenvalue weighted by Crippen LogP contribution is -2.44. The third-order valence-electron chi connectivity index (χ3n) is 4.12. The lowest BCUT2D eigenvalue weighted by atomic mass is 9.87. The van der Waals surface area contributed by atoms with Crippen molar-refractivity contribution in [3.05, 3.63) is 0 Å². The van der Waals surface area contributed by atoms with Gasteiger partial charge < -0.3 is 5.32 Å². The maximum absolute atomic E-state index is 12.1. The Balaban J connectivity index is 2.03. The van der Waals surface area contributed by atoms with Crippen LogP contribution in [0.5, 0.6) is 0 Å². The third kappa shape index (κ3) is 2.37. The normalized spacial score (nSPS) is 33.2. The number of hydrogen-bond acceptors (Lipinski definition) is 3. The summed E-state index contributed by atoms with van der Waals surface area (Å²) >= 11 is 0. The van der Waals surface area contributed by atoms with Crippen LogP contribution in [0.3, 0.4) is 0 Å². The van der Waals surface area contributed by atoms with E-state index in [2.05, 4.69) is 12.2 Å². The first-order chi connectivity index (χ1) is 7.92. The highest BCUT2D eigenvalue weighted by molar-refractivity contribution is 6.05. The van der Waals surface area contributed by atoms with Gasteiger partial charge in [0.1, 0.15) is 0 Å². The molecule has 4 heteroatoms. The van der Waals surface area contributed by atoms with E-state index >= 15 is 0 Å². The van der Waals surface area contributed by atoms with E-state index in [-0.39, 0.29) is 11.8 Å². The Hall–Kier alpha value is -0.900. The van der Waals surface area contributed by atoms with Crippen LogP contribution in [0, 0.1) is 17.3 Å². The number of carbonyl (C=O) groups is 2. The van der Waals surface area contributed by atoms with Gasteiger partial charge in [0.05, 0.1) is 5.41 Å². The van der Waals surface area contributed by atoms with Gasteiger partial charge in [0.15, 0.2) is 0 Å². The van der Waals surface area contributed by atoms with Crippen molar-refractivity contribution < 1.29 is 9.59 Å². The molecule has 0 bridgehead atoms. The molecule has 2 heterocycles. The molecule has 0 aromatic heterocycles. The number of imide groups is 1. The summed E-state index contributed by atoms with van der Waals surface area (Å²) in [5, 5.41) is 3.34. The molecule has 0 spiro atoms. The standard InChI is InChI=1S/C13H22N2O2/c1-9-4-5-14-7-10(9)8-15-11(16)6-13(2,3)12(15)17/h9-10,14H,4-8H2,1-3H3. The molecule has 2 aliphatic heterocycles. The molecule has 2 rings (SSSR count). The molecule has 2 aliphatic rings. The van der Waals surface area contributed by atoms with Crippen molar-refractivity contribution in [2.75, 3.05) is 19.6 Å². The van der Waals surface area contributed by atoms with E-state index < -0.39 is 5.41 Å². The van der Waals surface area contributed by atoms with Gasteiger partial charge in [-0.25, -0.2) is 0 Å². The molecule has 0 radical (unpaired) electrons. The summed E-state index contributed by atoms with van der Waals surface area (Å²) in [6.07, 6.45) is 1.49. The molecule has 0 saturated carbocycles. The Morgan fingerprint density at radius 2 is 2.12 bits per heavy atom. The Bertz CT molecular complexity index is 338. The predicted molar refractivity (Wildman–Crippen MR) is 65.3 cm³/mol. The molecule has 0 aromatic rings. The van der Waals surface area contributed by atoms with Crippen molar-refractivity contribution in [1.29, 1.82) is 0 Å². The molecule has 2 saturated heterocycles. The lowest BCUT2D eigenvalue weighted by molar-refractivity contribution is -0.141. The van der Waals surface area contributed by atoms with Crippen LogP contribution in [0.1, 0.15) is 33.6 Å². The molecule has 17 heavy (non-hydrogen) atoms. The second-order valence-electron chi connectivity index (χ2n) is 6.10. The van der Waals surface area contributed by atoms with Gasteiger partial charge in [0, 0.05) is 13.0 Å². The summed E-state index contributed by atoms with van der Waals surface area (Å²) in [7, 11) is 0. The van der Waals surface area contributed by atoms with Gasteiger partial charge in [-0.3, -0.25) is 14.5 Å². The summed E-state index contributed by atoms with van der Waals surface area (Å²) in [6.45, 7) is 8.48. The highest BCUT2D eigenvalue weighted by Gasteiger charge is 2.45. The molecule has 0 aliphatic carbocycles. The average Bonchev–Trinajstić information content (AvgIpc) is 2.43. The quantitative estimate of drug-likeness (QED) is 0.731. The minimum Gasteiger partial charge on any atom is -0.316 e. The SMILES string of the molecule is CC1CCNCC1CN1C(=O)CC(C)(C)C1=O. The van der Waals surface area contributed by atoms with Gasteiger partial charge >= 0.3 is 0 Å². The van der Waals surface area contributed by atoms with E-state index in [1.807, 2.05) is 13.8 Å². The highest BCUT2D eigenvalue weighted by atomic mass is 16.2. The van der Waals surface area contributed by atoms with Gasteiger partial charge in [-0.05, 0) is 31.3 Å². The lowest BCUT2D eigenvalue weighted by Gasteiger charge is -2.32. The van der Waals surface area contributed by atoms with E-state index in [0.29, 0.717) is 24.8 Å². The van der Waals surface area contributed by atoms with Crippen LogP contribution in [0.15, 0.2) is 0 Å². The van der Waals surface area contributed by atoms with Gasteiger partial charge in [0.25, 0.3) is 0 Å². The second kappa shape index (κ2) is 4.41. The predicted octanol–water partition coefficient (Wildman–Crippen LogP) is 1.02. The zero-order chi connectivity index (χ0) is 12.6. The smallest absolute Gasteiger partial charge is 0.235 e. The van der Waals surface area contributed by atoms with Crippen LogP contribution in [0.4, 0.5) is 0 Å². The number of nitrogens with zero attached hydrogens (tertiary/aromatic N) is 1. The van der Waals surface area contributed by atoms with Gasteiger partial charge in [-0.15, -0.1) is 0 Å². The first-order valence-electron chi connectivity index (χ1n) is 6.47. The molecule has 0 aromatic carbocycles. The first-order valence-corrected chi connectivity index (χ1v) is 6.47. The van der Waals surface area contributed by atoms with E-state index in [9.17, 15) is 9.59 Å².